The predicted molar refractivity (Wildman–Crippen MR) is 97.7 cm³/mol. The third-order valence-corrected chi connectivity index (χ3v) is 4.53. The Morgan fingerprint density at radius 2 is 2.17 bits per heavy atom. The van der Waals surface area contributed by atoms with E-state index in [1.54, 1.807) is 19.2 Å². The Bertz CT molecular complexity index is 865. The summed E-state index contributed by atoms with van der Waals surface area (Å²) in [6.07, 6.45) is 4.96. The minimum absolute atomic E-state index is 0.157. The van der Waals surface area contributed by atoms with Crippen molar-refractivity contribution in [3.8, 4) is 0 Å². The van der Waals surface area contributed by atoms with Crippen molar-refractivity contribution in [2.24, 2.45) is 0 Å². The number of pyridine rings is 1. The maximum absolute atomic E-state index is 12.0. The molecule has 3 aromatic rings. The van der Waals surface area contributed by atoms with Crippen LogP contribution in [0.25, 0.3) is 17.0 Å². The molecule has 0 saturated heterocycles. The number of thiophene rings is 1. The maximum Gasteiger partial charge on any atom is 0.244 e. The highest BCUT2D eigenvalue weighted by Gasteiger charge is 2.23. The van der Waals surface area contributed by atoms with Crippen molar-refractivity contribution in [2.45, 2.75) is 12.5 Å². The standard InChI is InChI=1S/C19H18N2O2S/c1-19(23,15-9-11-24-12-15)13-21-18(22)7-6-14-8-10-20-17-5-3-2-4-16(14)17/h2-12,23H,13H2,1H3,(H,21,22)/b7-6+. The lowest BCUT2D eigenvalue weighted by Crippen LogP contribution is -2.37. The zero-order chi connectivity index (χ0) is 17.0. The van der Waals surface area contributed by atoms with Crippen LogP contribution in [0.3, 0.4) is 0 Å². The number of fused-ring (bicyclic) bond motifs is 1. The summed E-state index contributed by atoms with van der Waals surface area (Å²) in [6.45, 7) is 1.85. The molecule has 0 spiro atoms. The van der Waals surface area contributed by atoms with Gasteiger partial charge in [-0.2, -0.15) is 11.3 Å². The zero-order valence-corrected chi connectivity index (χ0v) is 14.1. The number of carbonyl (C=O) groups excluding carboxylic acids is 1. The molecule has 122 valence electrons. The van der Waals surface area contributed by atoms with Crippen LogP contribution in [-0.4, -0.2) is 22.5 Å². The molecule has 1 unspecified atom stereocenters. The first-order valence-electron chi connectivity index (χ1n) is 7.61. The van der Waals surface area contributed by atoms with Gasteiger partial charge in [-0.3, -0.25) is 9.78 Å². The van der Waals surface area contributed by atoms with Crippen LogP contribution in [0.2, 0.25) is 0 Å². The van der Waals surface area contributed by atoms with Crippen molar-refractivity contribution in [3.63, 3.8) is 0 Å². The largest absolute Gasteiger partial charge is 0.384 e. The van der Waals surface area contributed by atoms with Gasteiger partial charge in [0.1, 0.15) is 5.60 Å². The fourth-order valence-electron chi connectivity index (χ4n) is 2.42. The summed E-state index contributed by atoms with van der Waals surface area (Å²) in [5, 5.41) is 17.9. The number of aliphatic hydroxyl groups is 1. The summed E-state index contributed by atoms with van der Waals surface area (Å²) in [6, 6.07) is 11.5. The van der Waals surface area contributed by atoms with Crippen LogP contribution in [0.1, 0.15) is 18.1 Å². The smallest absolute Gasteiger partial charge is 0.244 e. The number of hydrogen-bond donors (Lipinski definition) is 2. The highest BCUT2D eigenvalue weighted by molar-refractivity contribution is 7.08. The summed E-state index contributed by atoms with van der Waals surface area (Å²) in [5.74, 6) is -0.244. The van der Waals surface area contributed by atoms with Crippen LogP contribution in [0, 0.1) is 0 Å². The molecule has 4 nitrogen and oxygen atoms in total. The Balaban J connectivity index is 1.67. The lowest BCUT2D eigenvalue weighted by molar-refractivity contribution is -0.117. The Labute approximate surface area is 144 Å². The average Bonchev–Trinajstić information content (AvgIpc) is 3.14. The van der Waals surface area contributed by atoms with Crippen molar-refractivity contribution in [1.29, 1.82) is 0 Å². The van der Waals surface area contributed by atoms with E-state index >= 15 is 0 Å². The van der Waals surface area contributed by atoms with Crippen molar-refractivity contribution >= 4 is 34.2 Å². The van der Waals surface area contributed by atoms with Gasteiger partial charge in [0.25, 0.3) is 0 Å². The van der Waals surface area contributed by atoms with Crippen molar-refractivity contribution in [2.75, 3.05) is 6.54 Å². The topological polar surface area (TPSA) is 62.2 Å². The molecule has 0 saturated carbocycles. The number of aromatic nitrogens is 1. The Hall–Kier alpha value is -2.50. The molecule has 0 bridgehead atoms. The van der Waals surface area contributed by atoms with Gasteiger partial charge in [-0.1, -0.05) is 18.2 Å². The molecule has 1 atom stereocenters. The number of nitrogens with one attached hydrogen (secondary N) is 1. The Morgan fingerprint density at radius 1 is 1.33 bits per heavy atom. The molecule has 2 N–H and O–H groups in total. The number of benzene rings is 1. The molecule has 0 fully saturated rings. The van der Waals surface area contributed by atoms with Crippen LogP contribution in [0.4, 0.5) is 0 Å². The average molecular weight is 338 g/mol. The number of amides is 1. The predicted octanol–water partition coefficient (Wildman–Crippen LogP) is 3.33. The Kier molecular flexibility index (Phi) is 4.74. The van der Waals surface area contributed by atoms with Crippen LogP contribution < -0.4 is 5.32 Å². The molecule has 1 amide bonds. The second-order valence-electron chi connectivity index (χ2n) is 5.75. The molecular weight excluding hydrogens is 320 g/mol. The third-order valence-electron chi connectivity index (χ3n) is 3.85. The van der Waals surface area contributed by atoms with E-state index in [0.29, 0.717) is 0 Å². The quantitative estimate of drug-likeness (QED) is 0.702. The maximum atomic E-state index is 12.0. The van der Waals surface area contributed by atoms with E-state index in [2.05, 4.69) is 10.3 Å². The molecule has 24 heavy (non-hydrogen) atoms. The van der Waals surface area contributed by atoms with E-state index < -0.39 is 5.60 Å². The van der Waals surface area contributed by atoms with Gasteiger partial charge >= 0.3 is 0 Å². The molecule has 2 heterocycles. The summed E-state index contributed by atoms with van der Waals surface area (Å²) in [4.78, 5) is 16.3. The second-order valence-corrected chi connectivity index (χ2v) is 6.53. The van der Waals surface area contributed by atoms with Crippen molar-refractivity contribution in [3.05, 3.63) is 70.6 Å². The summed E-state index contributed by atoms with van der Waals surface area (Å²) >= 11 is 1.52. The lowest BCUT2D eigenvalue weighted by atomic mass is 9.99. The van der Waals surface area contributed by atoms with E-state index in [4.69, 9.17) is 0 Å². The molecular formula is C19H18N2O2S. The first-order valence-corrected chi connectivity index (χ1v) is 8.55. The molecule has 3 rings (SSSR count). The van der Waals surface area contributed by atoms with Gasteiger partial charge < -0.3 is 10.4 Å². The van der Waals surface area contributed by atoms with E-state index in [1.807, 2.05) is 47.2 Å². The zero-order valence-electron chi connectivity index (χ0n) is 13.3. The highest BCUT2D eigenvalue weighted by Crippen LogP contribution is 2.22. The molecule has 5 heteroatoms. The van der Waals surface area contributed by atoms with Crippen molar-refractivity contribution in [1.82, 2.24) is 10.3 Å². The summed E-state index contributed by atoms with van der Waals surface area (Å²) in [7, 11) is 0. The lowest BCUT2D eigenvalue weighted by Gasteiger charge is -2.22. The summed E-state index contributed by atoms with van der Waals surface area (Å²) < 4.78 is 0. The highest BCUT2D eigenvalue weighted by atomic mass is 32.1. The Morgan fingerprint density at radius 3 is 2.96 bits per heavy atom. The van der Waals surface area contributed by atoms with E-state index in [-0.39, 0.29) is 12.5 Å². The van der Waals surface area contributed by atoms with Gasteiger partial charge in [-0.05, 0) is 53.1 Å². The van der Waals surface area contributed by atoms with Crippen LogP contribution in [-0.2, 0) is 10.4 Å². The minimum atomic E-state index is -1.08. The minimum Gasteiger partial charge on any atom is -0.384 e. The number of hydrogen-bond acceptors (Lipinski definition) is 4. The van der Waals surface area contributed by atoms with Gasteiger partial charge in [-0.15, -0.1) is 0 Å². The van der Waals surface area contributed by atoms with E-state index in [0.717, 1.165) is 22.0 Å². The monoisotopic (exact) mass is 338 g/mol. The normalized spacial score (nSPS) is 13.9. The van der Waals surface area contributed by atoms with Gasteiger partial charge in [0.15, 0.2) is 0 Å². The SMILES string of the molecule is CC(O)(CNC(=O)/C=C/c1ccnc2ccccc12)c1ccsc1. The van der Waals surface area contributed by atoms with Gasteiger partial charge in [0, 0.05) is 17.7 Å². The number of rotatable bonds is 5. The van der Waals surface area contributed by atoms with Gasteiger partial charge in [-0.25, -0.2) is 0 Å². The third kappa shape index (κ3) is 3.69. The molecule has 0 radical (unpaired) electrons. The molecule has 2 aromatic heterocycles. The molecule has 1 aromatic carbocycles. The first kappa shape index (κ1) is 16.4. The second kappa shape index (κ2) is 6.95. The molecule has 0 aliphatic heterocycles. The van der Waals surface area contributed by atoms with E-state index in [1.165, 1.54) is 17.4 Å². The van der Waals surface area contributed by atoms with Crippen LogP contribution >= 0.6 is 11.3 Å². The molecule has 0 aliphatic carbocycles. The molecule has 0 aliphatic rings. The first-order chi connectivity index (χ1) is 11.6. The van der Waals surface area contributed by atoms with Crippen molar-refractivity contribution < 1.29 is 9.90 Å². The number of nitrogens with zero attached hydrogens (tertiary/aromatic N) is 1. The van der Waals surface area contributed by atoms with Crippen LogP contribution in [0.5, 0.6) is 0 Å². The fourth-order valence-corrected chi connectivity index (χ4v) is 3.20. The van der Waals surface area contributed by atoms with Crippen LogP contribution in [0.15, 0.2) is 59.4 Å². The summed E-state index contributed by atoms with van der Waals surface area (Å²) in [5.41, 5.74) is 1.55. The number of para-hydroxylation sites is 1. The van der Waals surface area contributed by atoms with E-state index in [9.17, 15) is 9.90 Å². The van der Waals surface area contributed by atoms with Gasteiger partial charge in [0.2, 0.25) is 5.91 Å². The fraction of sp³-hybridized carbons (Fsp3) is 0.158. The van der Waals surface area contributed by atoms with Gasteiger partial charge in [0.05, 0.1) is 12.1 Å². The number of carbonyl (C=O) groups is 1.